The average Bonchev–Trinajstić information content (AvgIpc) is 2.84. The van der Waals surface area contributed by atoms with Crippen molar-refractivity contribution in [1.29, 1.82) is 0 Å². The number of ketones is 1. The number of nitrogens with zero attached hydrogens (tertiary/aromatic N) is 3. The van der Waals surface area contributed by atoms with Crippen LogP contribution in [-0.4, -0.2) is 66.2 Å². The van der Waals surface area contributed by atoms with Crippen molar-refractivity contribution in [2.24, 2.45) is 11.1 Å². The smallest absolute Gasteiger partial charge is 0.248 e. The zero-order valence-corrected chi connectivity index (χ0v) is 23.5. The molecule has 11 heteroatoms. The van der Waals surface area contributed by atoms with E-state index in [1.807, 2.05) is 6.92 Å². The number of anilines is 1. The van der Waals surface area contributed by atoms with Gasteiger partial charge >= 0.3 is 0 Å². The molecule has 2 aliphatic rings. The van der Waals surface area contributed by atoms with Crippen LogP contribution in [0.5, 0.6) is 5.75 Å². The van der Waals surface area contributed by atoms with E-state index in [0.717, 1.165) is 0 Å². The van der Waals surface area contributed by atoms with Crippen LogP contribution >= 0.6 is 11.6 Å². The number of carbonyl (C=O) groups excluding carboxylic acids is 1. The number of likely N-dealkylation sites (N-methyl/N-ethyl adjacent to an activating group) is 1. The molecule has 1 aliphatic heterocycles. The van der Waals surface area contributed by atoms with Gasteiger partial charge in [-0.25, -0.2) is 18.7 Å². The first-order valence-corrected chi connectivity index (χ1v) is 13.5. The first-order valence-electron chi connectivity index (χ1n) is 13.1. The zero-order valence-electron chi connectivity index (χ0n) is 22.8. The molecule has 1 spiro atoms. The molecule has 1 saturated heterocycles. The van der Waals surface area contributed by atoms with Gasteiger partial charge in [0.1, 0.15) is 24.3 Å². The summed E-state index contributed by atoms with van der Waals surface area (Å²) in [6, 6.07) is 5.05. The summed E-state index contributed by atoms with van der Waals surface area (Å²) in [5, 5.41) is 13.3. The molecule has 0 unspecified atom stereocenters. The van der Waals surface area contributed by atoms with Gasteiger partial charge < -0.3 is 25.8 Å². The van der Waals surface area contributed by atoms with Gasteiger partial charge in [-0.15, -0.1) is 0 Å². The van der Waals surface area contributed by atoms with Gasteiger partial charge in [-0.1, -0.05) is 11.6 Å². The highest BCUT2D eigenvalue weighted by molar-refractivity contribution is 6.33. The molecule has 0 radical (unpaired) electrons. The minimum Gasteiger partial charge on any atom is -0.491 e. The summed E-state index contributed by atoms with van der Waals surface area (Å²) in [7, 11) is 1.74. The fourth-order valence-corrected chi connectivity index (χ4v) is 5.64. The molecule has 39 heavy (non-hydrogen) atoms. The number of carbonyl (C=O) groups is 1. The molecule has 1 aromatic heterocycles. The highest BCUT2D eigenvalue weighted by Gasteiger charge is 2.50. The van der Waals surface area contributed by atoms with Gasteiger partial charge in [-0.3, -0.25) is 4.79 Å². The van der Waals surface area contributed by atoms with E-state index in [2.05, 4.69) is 10.2 Å². The highest BCUT2D eigenvalue weighted by Crippen LogP contribution is 2.50. The summed E-state index contributed by atoms with van der Waals surface area (Å²) >= 11 is 6.58. The third-order valence-electron chi connectivity index (χ3n) is 7.56. The first-order chi connectivity index (χ1) is 18.3. The quantitative estimate of drug-likeness (QED) is 0.386. The molecule has 1 atom stereocenters. The second-order valence-corrected chi connectivity index (χ2v) is 11.2. The molecule has 1 aliphatic carbocycles. The molecule has 2 fully saturated rings. The molecule has 0 bridgehead atoms. The number of rotatable bonds is 9. The molecule has 8 nitrogen and oxygen atoms in total. The molecule has 1 saturated carbocycles. The normalized spacial score (nSPS) is 19.3. The second kappa shape index (κ2) is 11.3. The van der Waals surface area contributed by atoms with Crippen molar-refractivity contribution in [3.05, 3.63) is 40.2 Å². The number of hydrogen-bond donors (Lipinski definition) is 3. The van der Waals surface area contributed by atoms with Crippen LogP contribution in [-0.2, 0) is 4.79 Å². The van der Waals surface area contributed by atoms with Crippen molar-refractivity contribution in [1.82, 2.24) is 15.3 Å². The molecule has 0 amide bonds. The molecular weight excluding hydrogens is 528 g/mol. The van der Waals surface area contributed by atoms with Crippen LogP contribution in [0.3, 0.4) is 0 Å². The Balaban J connectivity index is 1.73. The van der Waals surface area contributed by atoms with Crippen molar-refractivity contribution in [2.75, 3.05) is 38.2 Å². The standard InChI is InChI=1S/C28H36ClF2N5O3/c1-16-24(23(17(2)32)18(3)37)34-25(21-11-20(5-6-22(21)29)39-13-19(38)12-33-4)35-26(16)36-14-27(15-36)7-9-28(30,31)10-8-27/h5-6,11,19,33,38H,7-10,12-15,32H2,1-4H3/t19-/m1/s1. The number of benzene rings is 1. The topological polar surface area (TPSA) is 114 Å². The number of hydrogen-bond acceptors (Lipinski definition) is 8. The van der Waals surface area contributed by atoms with Gasteiger partial charge in [-0.05, 0) is 58.9 Å². The molecule has 1 aromatic carbocycles. The summed E-state index contributed by atoms with van der Waals surface area (Å²) in [5.74, 6) is -1.45. The van der Waals surface area contributed by atoms with Gasteiger partial charge in [-0.2, -0.15) is 0 Å². The van der Waals surface area contributed by atoms with Crippen LogP contribution in [0.1, 0.15) is 50.8 Å². The number of nitrogens with two attached hydrogens (primary N) is 1. The molecule has 4 N–H and O–H groups in total. The maximum atomic E-state index is 13.8. The van der Waals surface area contributed by atoms with Crippen molar-refractivity contribution < 1.29 is 23.4 Å². The Morgan fingerprint density at radius 1 is 1.23 bits per heavy atom. The largest absolute Gasteiger partial charge is 0.491 e. The SMILES string of the molecule is CNC[C@@H](O)COc1ccc(Cl)c(-c2nc(C(C(C)=O)=C(C)N)c(C)c(N3CC4(CCC(F)(F)CC4)C3)n2)c1. The van der Waals surface area contributed by atoms with E-state index in [9.17, 15) is 18.7 Å². The van der Waals surface area contributed by atoms with Gasteiger partial charge in [0.05, 0.1) is 16.3 Å². The van der Waals surface area contributed by atoms with Crippen LogP contribution in [0, 0.1) is 12.3 Å². The molecule has 4 rings (SSSR count). The summed E-state index contributed by atoms with van der Waals surface area (Å²) in [5.41, 5.74) is 8.17. The van der Waals surface area contributed by atoms with Crippen molar-refractivity contribution in [3.8, 4) is 17.1 Å². The lowest BCUT2D eigenvalue weighted by Gasteiger charge is -2.54. The van der Waals surface area contributed by atoms with E-state index < -0.39 is 12.0 Å². The van der Waals surface area contributed by atoms with Crippen LogP contribution in [0.4, 0.5) is 14.6 Å². The Kier molecular flexibility index (Phi) is 8.49. The summed E-state index contributed by atoms with van der Waals surface area (Å²) in [4.78, 5) is 24.3. The summed E-state index contributed by atoms with van der Waals surface area (Å²) < 4.78 is 33.4. The fraction of sp³-hybridized carbons (Fsp3) is 0.536. The Bertz CT molecular complexity index is 1260. The van der Waals surface area contributed by atoms with Crippen LogP contribution in [0.15, 0.2) is 23.9 Å². The van der Waals surface area contributed by atoms with Crippen LogP contribution < -0.4 is 20.7 Å². The maximum Gasteiger partial charge on any atom is 0.248 e. The zero-order chi connectivity index (χ0) is 28.5. The van der Waals surface area contributed by atoms with Gasteiger partial charge in [0.15, 0.2) is 11.6 Å². The minimum atomic E-state index is -2.59. The number of aromatic nitrogens is 2. The first kappa shape index (κ1) is 29.2. The van der Waals surface area contributed by atoms with Gasteiger partial charge in [0.2, 0.25) is 5.92 Å². The number of aliphatic hydroxyl groups excluding tert-OH is 1. The van der Waals surface area contributed by atoms with Gasteiger partial charge in [0.25, 0.3) is 0 Å². The third kappa shape index (κ3) is 6.34. The summed E-state index contributed by atoms with van der Waals surface area (Å²) in [6.45, 7) is 6.57. The Morgan fingerprint density at radius 2 is 1.90 bits per heavy atom. The number of alkyl halides is 2. The molecule has 2 aromatic rings. The Labute approximate surface area is 232 Å². The van der Waals surface area contributed by atoms with E-state index in [1.54, 1.807) is 32.2 Å². The van der Waals surface area contributed by atoms with E-state index in [1.165, 1.54) is 6.92 Å². The minimum absolute atomic E-state index is 0.0751. The number of allylic oxidation sites excluding steroid dienone is 2. The van der Waals surface area contributed by atoms with E-state index in [0.29, 0.717) is 77.2 Å². The molecular formula is C28H36ClF2N5O3. The number of halogens is 3. The van der Waals surface area contributed by atoms with Gasteiger partial charge in [0, 0.05) is 54.7 Å². The lowest BCUT2D eigenvalue weighted by Crippen LogP contribution is -2.59. The van der Waals surface area contributed by atoms with E-state index in [-0.39, 0.29) is 36.5 Å². The number of ether oxygens (including phenoxy) is 1. The average molecular weight is 564 g/mol. The van der Waals surface area contributed by atoms with Crippen molar-refractivity contribution in [2.45, 2.75) is 58.5 Å². The number of nitrogens with one attached hydrogen (secondary N) is 1. The van der Waals surface area contributed by atoms with Crippen LogP contribution in [0.25, 0.3) is 17.0 Å². The lowest BCUT2D eigenvalue weighted by atomic mass is 9.67. The monoisotopic (exact) mass is 563 g/mol. The second-order valence-electron chi connectivity index (χ2n) is 10.8. The number of aliphatic hydroxyl groups is 1. The predicted molar refractivity (Wildman–Crippen MR) is 148 cm³/mol. The Hall–Kier alpha value is -2.82. The van der Waals surface area contributed by atoms with E-state index in [4.69, 9.17) is 32.0 Å². The Morgan fingerprint density at radius 3 is 2.49 bits per heavy atom. The number of Topliss-reactive ketones (excluding diaryl/α,β-unsaturated/α-hetero) is 1. The van der Waals surface area contributed by atoms with Crippen molar-refractivity contribution >= 4 is 28.8 Å². The predicted octanol–water partition coefficient (Wildman–Crippen LogP) is 4.36. The lowest BCUT2D eigenvalue weighted by molar-refractivity contribution is -0.111. The van der Waals surface area contributed by atoms with Crippen molar-refractivity contribution in [3.63, 3.8) is 0 Å². The summed E-state index contributed by atoms with van der Waals surface area (Å²) in [6.07, 6.45) is 0.0263. The third-order valence-corrected chi connectivity index (χ3v) is 7.89. The maximum absolute atomic E-state index is 13.8. The van der Waals surface area contributed by atoms with Crippen LogP contribution in [0.2, 0.25) is 5.02 Å². The highest BCUT2D eigenvalue weighted by atomic mass is 35.5. The molecule has 212 valence electrons. The fourth-order valence-electron chi connectivity index (χ4n) is 5.44. The molecule has 2 heterocycles. The van der Waals surface area contributed by atoms with E-state index >= 15 is 0 Å².